The van der Waals surface area contributed by atoms with Gasteiger partial charge in [0.15, 0.2) is 0 Å². The lowest BCUT2D eigenvalue weighted by molar-refractivity contribution is -0.145. The quantitative estimate of drug-likeness (QED) is 0.129. The number of aryl methyl sites for hydroxylation is 1. The number of aromatic nitrogens is 1. The molecule has 45 heavy (non-hydrogen) atoms. The molecule has 4 rings (SSSR count). The normalized spacial score (nSPS) is 13.4. The molecular weight excluding hydrogens is 584 g/mol. The first-order valence-electron chi connectivity index (χ1n) is 15.7. The maximum atomic E-state index is 13.4. The Balaban J connectivity index is 1.50. The number of nitrogens with zero attached hydrogens (tertiary/aromatic N) is 1. The topological polar surface area (TPSA) is 104 Å². The number of ether oxygens (including phenoxy) is 1. The van der Waals surface area contributed by atoms with Gasteiger partial charge >= 0.3 is 5.97 Å². The second-order valence-corrected chi connectivity index (χ2v) is 12.7. The number of thioether (sulfide) groups is 1. The highest BCUT2D eigenvalue weighted by atomic mass is 32.2. The Labute approximate surface area is 270 Å². The predicted octanol–water partition coefficient (Wildman–Crippen LogP) is 5.70. The maximum Gasteiger partial charge on any atom is 0.328 e. The van der Waals surface area contributed by atoms with Crippen LogP contribution in [-0.2, 0) is 32.1 Å². The third-order valence-corrected chi connectivity index (χ3v) is 9.06. The summed E-state index contributed by atoms with van der Waals surface area (Å²) in [7, 11) is 1.34. The summed E-state index contributed by atoms with van der Waals surface area (Å²) in [5, 5.41) is 9.59. The van der Waals surface area contributed by atoms with Crippen molar-refractivity contribution in [3.63, 3.8) is 0 Å². The minimum Gasteiger partial charge on any atom is -0.467 e. The van der Waals surface area contributed by atoms with Gasteiger partial charge in [-0.1, -0.05) is 80.9 Å². The molecule has 9 heteroatoms. The summed E-state index contributed by atoms with van der Waals surface area (Å²) in [6.45, 7) is 5.32. The minimum atomic E-state index is -0.705. The van der Waals surface area contributed by atoms with E-state index in [0.717, 1.165) is 45.1 Å². The Morgan fingerprint density at radius 2 is 1.69 bits per heavy atom. The third-order valence-electron chi connectivity index (χ3n) is 8.41. The van der Waals surface area contributed by atoms with Crippen LogP contribution < -0.4 is 10.6 Å². The van der Waals surface area contributed by atoms with Crippen molar-refractivity contribution in [3.05, 3.63) is 84.1 Å². The van der Waals surface area contributed by atoms with Gasteiger partial charge in [0, 0.05) is 36.8 Å². The van der Waals surface area contributed by atoms with Crippen molar-refractivity contribution in [2.45, 2.75) is 58.2 Å². The Kier molecular flexibility index (Phi) is 12.9. The standard InChI is InChI=1S/C36H46N4O4S/c1-5-25(2)33(39-34(41)18-17-29-21-27-12-7-9-16-31(27)37-29)23-40(22-28-14-10-13-26-11-6-8-15-30(26)28)24-35(42)38-32(19-20-45-4)36(43)44-3/h6-16,21,25,32-33,37H,5,17-20,22-24H2,1-4H3,(H,38,42)(H,39,41)/t25-,32-,33+/m0/s1. The van der Waals surface area contributed by atoms with Crippen LogP contribution in [0.4, 0.5) is 0 Å². The van der Waals surface area contributed by atoms with Gasteiger partial charge in [-0.05, 0) is 64.6 Å². The molecule has 0 saturated carbocycles. The lowest BCUT2D eigenvalue weighted by Crippen LogP contribution is -2.51. The number of fused-ring (bicyclic) bond motifs is 2. The van der Waals surface area contributed by atoms with Crippen LogP contribution in [-0.4, -0.2) is 72.0 Å². The van der Waals surface area contributed by atoms with Gasteiger partial charge in [0.2, 0.25) is 11.8 Å². The van der Waals surface area contributed by atoms with E-state index in [2.05, 4.69) is 70.8 Å². The number of benzene rings is 3. The van der Waals surface area contributed by atoms with Crippen molar-refractivity contribution < 1.29 is 19.1 Å². The Morgan fingerprint density at radius 1 is 0.956 bits per heavy atom. The number of nitrogens with one attached hydrogen (secondary N) is 3. The molecule has 0 aliphatic carbocycles. The molecule has 0 unspecified atom stereocenters. The van der Waals surface area contributed by atoms with Crippen LogP contribution in [0.3, 0.4) is 0 Å². The van der Waals surface area contributed by atoms with Gasteiger partial charge in [-0.15, -0.1) is 0 Å². The molecule has 1 heterocycles. The van der Waals surface area contributed by atoms with Crippen LogP contribution in [0, 0.1) is 5.92 Å². The molecule has 1 aromatic heterocycles. The van der Waals surface area contributed by atoms with Crippen LogP contribution in [0.2, 0.25) is 0 Å². The monoisotopic (exact) mass is 630 g/mol. The summed E-state index contributed by atoms with van der Waals surface area (Å²) >= 11 is 1.61. The fraction of sp³-hybridized carbons (Fsp3) is 0.417. The predicted molar refractivity (Wildman–Crippen MR) is 184 cm³/mol. The summed E-state index contributed by atoms with van der Waals surface area (Å²) in [4.78, 5) is 44.6. The molecule has 0 aliphatic rings. The van der Waals surface area contributed by atoms with E-state index in [-0.39, 0.29) is 30.3 Å². The fourth-order valence-electron chi connectivity index (χ4n) is 5.65. The number of hydrogen-bond acceptors (Lipinski definition) is 6. The zero-order chi connectivity index (χ0) is 32.2. The van der Waals surface area contributed by atoms with Crippen molar-refractivity contribution >= 4 is 51.2 Å². The summed E-state index contributed by atoms with van der Waals surface area (Å²) in [6, 6.07) is 23.7. The van der Waals surface area contributed by atoms with Crippen molar-refractivity contribution in [2.75, 3.05) is 32.2 Å². The molecule has 2 amide bonds. The lowest BCUT2D eigenvalue weighted by Gasteiger charge is -2.32. The first kappa shape index (κ1) is 34.1. The molecule has 240 valence electrons. The maximum absolute atomic E-state index is 13.4. The first-order chi connectivity index (χ1) is 21.8. The number of para-hydroxylation sites is 1. The van der Waals surface area contributed by atoms with Gasteiger partial charge in [-0.3, -0.25) is 14.5 Å². The van der Waals surface area contributed by atoms with Crippen LogP contribution >= 0.6 is 11.8 Å². The number of rotatable bonds is 17. The van der Waals surface area contributed by atoms with E-state index in [9.17, 15) is 14.4 Å². The fourth-order valence-corrected chi connectivity index (χ4v) is 6.12. The molecule has 0 fully saturated rings. The van der Waals surface area contributed by atoms with Gasteiger partial charge in [-0.25, -0.2) is 4.79 Å². The number of esters is 1. The van der Waals surface area contributed by atoms with E-state index in [1.807, 2.05) is 42.7 Å². The molecule has 0 radical (unpaired) electrons. The Hall–Kier alpha value is -3.82. The third kappa shape index (κ3) is 9.83. The first-order valence-corrected chi connectivity index (χ1v) is 17.1. The van der Waals surface area contributed by atoms with Crippen molar-refractivity contribution in [1.29, 1.82) is 0 Å². The van der Waals surface area contributed by atoms with Crippen LogP contribution in [0.15, 0.2) is 72.8 Å². The highest BCUT2D eigenvalue weighted by Crippen LogP contribution is 2.21. The minimum absolute atomic E-state index is 0.0173. The molecule has 0 aliphatic heterocycles. The molecule has 0 spiro atoms. The van der Waals surface area contributed by atoms with Gasteiger partial charge in [0.25, 0.3) is 0 Å². The Morgan fingerprint density at radius 3 is 2.42 bits per heavy atom. The SMILES string of the molecule is CC[C@H](C)[C@@H](CN(CC(=O)N[C@@H](CCSC)C(=O)OC)Cc1cccc2ccccc12)NC(=O)CCc1cc2ccccc2[nH]1. The van der Waals surface area contributed by atoms with Crippen molar-refractivity contribution in [3.8, 4) is 0 Å². The number of amides is 2. The Bertz CT molecular complexity index is 1530. The van der Waals surface area contributed by atoms with Crippen molar-refractivity contribution in [2.24, 2.45) is 5.92 Å². The van der Waals surface area contributed by atoms with E-state index in [4.69, 9.17) is 4.74 Å². The molecule has 3 atom stereocenters. The zero-order valence-electron chi connectivity index (χ0n) is 26.8. The molecule has 4 aromatic rings. The van der Waals surface area contributed by atoms with Crippen LogP contribution in [0.5, 0.6) is 0 Å². The number of carbonyl (C=O) groups excluding carboxylic acids is 3. The average molecular weight is 631 g/mol. The second-order valence-electron chi connectivity index (χ2n) is 11.7. The number of carbonyl (C=O) groups is 3. The second kappa shape index (κ2) is 17.0. The molecule has 3 aromatic carbocycles. The van der Waals surface area contributed by atoms with Gasteiger partial charge in [-0.2, -0.15) is 11.8 Å². The molecule has 0 saturated heterocycles. The lowest BCUT2D eigenvalue weighted by atomic mass is 9.97. The molecule has 0 bridgehead atoms. The van der Waals surface area contributed by atoms with E-state index >= 15 is 0 Å². The van der Waals surface area contributed by atoms with E-state index in [0.29, 0.717) is 32.4 Å². The summed E-state index contributed by atoms with van der Waals surface area (Å²) < 4.78 is 4.96. The number of aromatic amines is 1. The van der Waals surface area contributed by atoms with Crippen LogP contribution in [0.25, 0.3) is 21.7 Å². The van der Waals surface area contributed by atoms with Crippen LogP contribution in [0.1, 0.15) is 44.4 Å². The summed E-state index contributed by atoms with van der Waals surface area (Å²) in [6.07, 6.45) is 4.30. The van der Waals surface area contributed by atoms with Gasteiger partial charge in [0.05, 0.1) is 13.7 Å². The number of hydrogen-bond donors (Lipinski definition) is 3. The van der Waals surface area contributed by atoms with Crippen molar-refractivity contribution in [1.82, 2.24) is 20.5 Å². The molecular formula is C36H46N4O4S. The highest BCUT2D eigenvalue weighted by molar-refractivity contribution is 7.98. The highest BCUT2D eigenvalue weighted by Gasteiger charge is 2.26. The number of methoxy groups -OCH3 is 1. The summed E-state index contributed by atoms with van der Waals surface area (Å²) in [5.41, 5.74) is 3.19. The van der Waals surface area contributed by atoms with E-state index < -0.39 is 12.0 Å². The van der Waals surface area contributed by atoms with E-state index in [1.165, 1.54) is 7.11 Å². The van der Waals surface area contributed by atoms with Gasteiger partial charge in [0.1, 0.15) is 6.04 Å². The number of H-pyrrole nitrogens is 1. The average Bonchev–Trinajstić information content (AvgIpc) is 3.48. The molecule has 3 N–H and O–H groups in total. The largest absolute Gasteiger partial charge is 0.467 e. The zero-order valence-corrected chi connectivity index (χ0v) is 27.6. The van der Waals surface area contributed by atoms with E-state index in [1.54, 1.807) is 11.8 Å². The smallest absolute Gasteiger partial charge is 0.328 e. The van der Waals surface area contributed by atoms with Gasteiger partial charge < -0.3 is 20.4 Å². The molecule has 8 nitrogen and oxygen atoms in total. The summed E-state index contributed by atoms with van der Waals surface area (Å²) in [5.74, 6) is 0.193.